The summed E-state index contributed by atoms with van der Waals surface area (Å²) in [6.07, 6.45) is 0. The molecule has 2 rings (SSSR count). The van der Waals surface area contributed by atoms with Gasteiger partial charge in [-0.3, -0.25) is 0 Å². The summed E-state index contributed by atoms with van der Waals surface area (Å²) in [5.41, 5.74) is 2.48. The van der Waals surface area contributed by atoms with Gasteiger partial charge in [-0.05, 0) is 30.7 Å². The van der Waals surface area contributed by atoms with Gasteiger partial charge < -0.3 is 0 Å². The van der Waals surface area contributed by atoms with Crippen molar-refractivity contribution in [2.45, 2.75) is 22.6 Å². The van der Waals surface area contributed by atoms with Crippen LogP contribution in [0.4, 0.5) is 0 Å². The van der Waals surface area contributed by atoms with Gasteiger partial charge in [0.1, 0.15) is 0 Å². The molecule has 0 bridgehead atoms. The highest BCUT2D eigenvalue weighted by atomic mass is 35.5. The number of benzene rings is 2. The van der Waals surface area contributed by atoms with Gasteiger partial charge in [-0.25, -0.2) is 0 Å². The number of alkyl halides is 1. The van der Waals surface area contributed by atoms with Crippen molar-refractivity contribution >= 4 is 23.4 Å². The van der Waals surface area contributed by atoms with Crippen LogP contribution in [0.1, 0.15) is 11.1 Å². The lowest BCUT2D eigenvalue weighted by Crippen LogP contribution is -1.82. The van der Waals surface area contributed by atoms with E-state index in [2.05, 4.69) is 43.3 Å². The minimum Gasteiger partial charge on any atom is -0.122 e. The first-order chi connectivity index (χ1) is 7.79. The van der Waals surface area contributed by atoms with Gasteiger partial charge in [0.25, 0.3) is 0 Å². The van der Waals surface area contributed by atoms with E-state index in [0.717, 1.165) is 0 Å². The van der Waals surface area contributed by atoms with Crippen molar-refractivity contribution in [3.63, 3.8) is 0 Å². The Balaban J connectivity index is 2.23. The molecule has 0 spiro atoms. The van der Waals surface area contributed by atoms with Crippen molar-refractivity contribution in [3.8, 4) is 0 Å². The highest BCUT2D eigenvalue weighted by molar-refractivity contribution is 7.99. The quantitative estimate of drug-likeness (QED) is 0.698. The molecule has 0 amide bonds. The number of hydrogen-bond acceptors (Lipinski definition) is 1. The Hall–Kier alpha value is -0.920. The molecule has 82 valence electrons. The van der Waals surface area contributed by atoms with Crippen LogP contribution in [-0.4, -0.2) is 0 Å². The maximum atomic E-state index is 5.91. The molecule has 0 saturated heterocycles. The number of rotatable bonds is 3. The number of aryl methyl sites for hydroxylation is 1. The average molecular weight is 249 g/mol. The van der Waals surface area contributed by atoms with E-state index in [-0.39, 0.29) is 0 Å². The minimum absolute atomic E-state index is 0.565. The lowest BCUT2D eigenvalue weighted by Gasteiger charge is -2.06. The summed E-state index contributed by atoms with van der Waals surface area (Å²) in [6, 6.07) is 16.8. The van der Waals surface area contributed by atoms with Gasteiger partial charge in [-0.2, -0.15) is 0 Å². The first-order valence-electron chi connectivity index (χ1n) is 5.18. The van der Waals surface area contributed by atoms with Gasteiger partial charge in [-0.1, -0.05) is 47.7 Å². The molecule has 0 aliphatic carbocycles. The molecular weight excluding hydrogens is 236 g/mol. The monoisotopic (exact) mass is 248 g/mol. The van der Waals surface area contributed by atoms with Gasteiger partial charge in [-0.15, -0.1) is 11.6 Å². The van der Waals surface area contributed by atoms with Crippen molar-refractivity contribution in [3.05, 3.63) is 59.7 Å². The van der Waals surface area contributed by atoms with Crippen LogP contribution in [0.25, 0.3) is 0 Å². The fraction of sp³-hybridized carbons (Fsp3) is 0.143. The average Bonchev–Trinajstić information content (AvgIpc) is 2.33. The summed E-state index contributed by atoms with van der Waals surface area (Å²) in [5.74, 6) is 0.565. The lowest BCUT2D eigenvalue weighted by atomic mass is 10.2. The van der Waals surface area contributed by atoms with Crippen LogP contribution in [0.15, 0.2) is 58.3 Å². The van der Waals surface area contributed by atoms with E-state index >= 15 is 0 Å². The second-order valence-corrected chi connectivity index (χ2v) is 5.04. The fourth-order valence-corrected chi connectivity index (χ4v) is 2.70. The molecule has 0 atom stereocenters. The smallest absolute Gasteiger partial charge is 0.0485 e. The normalized spacial score (nSPS) is 10.4. The Labute approximate surface area is 106 Å². The molecule has 0 unspecified atom stereocenters. The van der Waals surface area contributed by atoms with E-state index in [4.69, 9.17) is 11.6 Å². The zero-order valence-corrected chi connectivity index (χ0v) is 10.7. The summed E-state index contributed by atoms with van der Waals surface area (Å²) in [4.78, 5) is 2.49. The lowest BCUT2D eigenvalue weighted by molar-refractivity contribution is 1.25. The summed E-state index contributed by atoms with van der Waals surface area (Å²) in [7, 11) is 0. The standard InChI is InChI=1S/C14H13ClS/c1-11-6-8-13(9-7-11)16-14-5-3-2-4-12(14)10-15/h2-9H,10H2,1H3. The van der Waals surface area contributed by atoms with Crippen LogP contribution in [0.2, 0.25) is 0 Å². The largest absolute Gasteiger partial charge is 0.122 e. The number of halogens is 1. The summed E-state index contributed by atoms with van der Waals surface area (Å²) in [6.45, 7) is 2.10. The molecule has 0 N–H and O–H groups in total. The molecule has 0 nitrogen and oxygen atoms in total. The Kier molecular flexibility index (Phi) is 3.92. The van der Waals surface area contributed by atoms with Crippen molar-refractivity contribution in [1.29, 1.82) is 0 Å². The topological polar surface area (TPSA) is 0 Å². The Morgan fingerprint density at radius 3 is 2.38 bits per heavy atom. The predicted molar refractivity (Wildman–Crippen MR) is 71.3 cm³/mol. The van der Waals surface area contributed by atoms with E-state index in [1.54, 1.807) is 11.8 Å². The van der Waals surface area contributed by atoms with Gasteiger partial charge in [0.2, 0.25) is 0 Å². The Morgan fingerprint density at radius 2 is 1.69 bits per heavy atom. The third-order valence-corrected chi connectivity index (χ3v) is 3.78. The molecule has 0 radical (unpaired) electrons. The van der Waals surface area contributed by atoms with Crippen molar-refractivity contribution in [2.75, 3.05) is 0 Å². The summed E-state index contributed by atoms with van der Waals surface area (Å²) >= 11 is 7.67. The minimum atomic E-state index is 0.565. The van der Waals surface area contributed by atoms with E-state index in [0.29, 0.717) is 5.88 Å². The highest BCUT2D eigenvalue weighted by Crippen LogP contribution is 2.31. The zero-order chi connectivity index (χ0) is 11.4. The van der Waals surface area contributed by atoms with E-state index in [1.165, 1.54) is 20.9 Å². The summed E-state index contributed by atoms with van der Waals surface area (Å²) < 4.78 is 0. The molecule has 0 fully saturated rings. The van der Waals surface area contributed by atoms with E-state index in [9.17, 15) is 0 Å². The second-order valence-electron chi connectivity index (χ2n) is 3.66. The van der Waals surface area contributed by atoms with Gasteiger partial charge in [0, 0.05) is 15.7 Å². The Bertz CT molecular complexity index is 462. The Morgan fingerprint density at radius 1 is 1.00 bits per heavy atom. The molecule has 0 aromatic heterocycles. The maximum Gasteiger partial charge on any atom is 0.0485 e. The molecule has 0 heterocycles. The summed E-state index contributed by atoms with van der Waals surface area (Å²) in [5, 5.41) is 0. The van der Waals surface area contributed by atoms with Crippen molar-refractivity contribution in [2.24, 2.45) is 0 Å². The fourth-order valence-electron chi connectivity index (χ4n) is 1.45. The third kappa shape index (κ3) is 2.81. The maximum absolute atomic E-state index is 5.91. The number of hydrogen-bond donors (Lipinski definition) is 0. The first kappa shape index (κ1) is 11.6. The molecular formula is C14H13ClS. The van der Waals surface area contributed by atoms with Crippen LogP contribution in [-0.2, 0) is 5.88 Å². The molecule has 16 heavy (non-hydrogen) atoms. The molecule has 0 aliphatic heterocycles. The molecule has 2 aromatic carbocycles. The van der Waals surface area contributed by atoms with Crippen LogP contribution < -0.4 is 0 Å². The molecule has 0 aliphatic rings. The van der Waals surface area contributed by atoms with Crippen LogP contribution in [0.5, 0.6) is 0 Å². The van der Waals surface area contributed by atoms with Gasteiger partial charge in [0.05, 0.1) is 0 Å². The van der Waals surface area contributed by atoms with Crippen LogP contribution in [0, 0.1) is 6.92 Å². The highest BCUT2D eigenvalue weighted by Gasteiger charge is 2.02. The zero-order valence-electron chi connectivity index (χ0n) is 9.11. The van der Waals surface area contributed by atoms with E-state index in [1.807, 2.05) is 12.1 Å². The molecule has 2 aromatic rings. The SMILES string of the molecule is Cc1ccc(Sc2ccccc2CCl)cc1. The van der Waals surface area contributed by atoms with Crippen LogP contribution >= 0.6 is 23.4 Å². The van der Waals surface area contributed by atoms with Crippen molar-refractivity contribution in [1.82, 2.24) is 0 Å². The first-order valence-corrected chi connectivity index (χ1v) is 6.53. The van der Waals surface area contributed by atoms with Gasteiger partial charge >= 0.3 is 0 Å². The molecule has 0 saturated carbocycles. The van der Waals surface area contributed by atoms with Gasteiger partial charge in [0.15, 0.2) is 0 Å². The van der Waals surface area contributed by atoms with Crippen LogP contribution in [0.3, 0.4) is 0 Å². The van der Waals surface area contributed by atoms with E-state index < -0.39 is 0 Å². The predicted octanol–water partition coefficient (Wildman–Crippen LogP) is 4.89. The molecule has 2 heteroatoms. The third-order valence-electron chi connectivity index (χ3n) is 2.37. The second kappa shape index (κ2) is 5.42. The van der Waals surface area contributed by atoms with Crippen molar-refractivity contribution < 1.29 is 0 Å².